The van der Waals surface area contributed by atoms with Gasteiger partial charge in [0.25, 0.3) is 0 Å². The lowest BCUT2D eigenvalue weighted by Gasteiger charge is -2.11. The van der Waals surface area contributed by atoms with E-state index in [1.54, 1.807) is 24.3 Å². The second kappa shape index (κ2) is 8.90. The molecule has 0 unspecified atom stereocenters. The highest BCUT2D eigenvalue weighted by atomic mass is 32.2. The summed E-state index contributed by atoms with van der Waals surface area (Å²) in [6.07, 6.45) is 1.40. The molecule has 0 atom stereocenters. The number of hydrogen-bond donors (Lipinski definition) is 2. The van der Waals surface area contributed by atoms with Crippen molar-refractivity contribution in [1.82, 2.24) is 15.0 Å². The van der Waals surface area contributed by atoms with E-state index in [2.05, 4.69) is 20.3 Å². The van der Waals surface area contributed by atoms with Gasteiger partial charge in [-0.05, 0) is 42.0 Å². The maximum Gasteiger partial charge on any atom is 0.230 e. The summed E-state index contributed by atoms with van der Waals surface area (Å²) in [6.45, 7) is 0. The van der Waals surface area contributed by atoms with Crippen LogP contribution in [-0.4, -0.2) is 23.4 Å². The maximum absolute atomic E-state index is 11.3. The Morgan fingerprint density at radius 3 is 2.48 bits per heavy atom. The Kier molecular flexibility index (Phi) is 5.87. The van der Waals surface area contributed by atoms with E-state index in [9.17, 15) is 8.42 Å². The van der Waals surface area contributed by atoms with Crippen LogP contribution in [0.2, 0.25) is 0 Å². The summed E-state index contributed by atoms with van der Waals surface area (Å²) in [4.78, 5) is 12.9. The first-order valence-corrected chi connectivity index (χ1v) is 11.1. The van der Waals surface area contributed by atoms with Crippen LogP contribution in [0.1, 0.15) is 5.56 Å². The molecule has 0 saturated carbocycles. The predicted molar refractivity (Wildman–Crippen MR) is 118 cm³/mol. The van der Waals surface area contributed by atoms with Crippen LogP contribution < -0.4 is 15.2 Å². The molecule has 8 nitrogen and oxygen atoms in total. The normalized spacial score (nSPS) is 11.1. The second-order valence-corrected chi connectivity index (χ2v) is 8.29. The number of ether oxygens (including phenoxy) is 1. The van der Waals surface area contributed by atoms with E-state index in [-0.39, 0.29) is 5.75 Å². The summed E-state index contributed by atoms with van der Waals surface area (Å²) in [5, 5.41) is 8.20. The first kappa shape index (κ1) is 20.5. The average molecular weight is 433 g/mol. The monoisotopic (exact) mass is 433 g/mol. The minimum atomic E-state index is -3.62. The minimum Gasteiger partial charge on any atom is -0.457 e. The van der Waals surface area contributed by atoms with E-state index in [0.717, 1.165) is 0 Å². The Balaban J connectivity index is 1.59. The van der Waals surface area contributed by atoms with Crippen molar-refractivity contribution in [2.75, 3.05) is 5.32 Å². The smallest absolute Gasteiger partial charge is 0.230 e. The number of para-hydroxylation sites is 2. The van der Waals surface area contributed by atoms with Crippen LogP contribution in [0.3, 0.4) is 0 Å². The van der Waals surface area contributed by atoms with Gasteiger partial charge in [-0.2, -0.15) is 4.98 Å². The molecule has 1 heterocycles. The van der Waals surface area contributed by atoms with Crippen molar-refractivity contribution in [3.8, 4) is 22.9 Å². The van der Waals surface area contributed by atoms with Gasteiger partial charge in [0.05, 0.1) is 11.3 Å². The molecule has 0 aliphatic heterocycles. The second-order valence-electron chi connectivity index (χ2n) is 6.68. The third-order valence-electron chi connectivity index (χ3n) is 4.22. The first-order chi connectivity index (χ1) is 15.0. The van der Waals surface area contributed by atoms with Crippen molar-refractivity contribution in [2.24, 2.45) is 5.14 Å². The standard InChI is InChI=1S/C22H19N5O3S/c23-31(28,29)14-16-7-6-8-17(13-16)26-22-25-15-24-21(27-22)19-11-4-5-12-20(19)30-18-9-2-1-3-10-18/h1-13,15H,14H2,(H2,23,28,29)(H,24,25,26,27). The molecule has 0 spiro atoms. The van der Waals surface area contributed by atoms with Crippen LogP contribution in [0.4, 0.5) is 11.6 Å². The first-order valence-electron chi connectivity index (χ1n) is 9.34. The topological polar surface area (TPSA) is 120 Å². The Morgan fingerprint density at radius 2 is 1.68 bits per heavy atom. The van der Waals surface area contributed by atoms with Crippen molar-refractivity contribution in [3.05, 3.63) is 90.8 Å². The zero-order valence-electron chi connectivity index (χ0n) is 16.3. The highest BCUT2D eigenvalue weighted by Gasteiger charge is 2.12. The van der Waals surface area contributed by atoms with Crippen molar-refractivity contribution >= 4 is 21.7 Å². The van der Waals surface area contributed by atoms with E-state index in [4.69, 9.17) is 9.88 Å². The molecule has 0 saturated heterocycles. The molecule has 0 fully saturated rings. The lowest BCUT2D eigenvalue weighted by molar-refractivity contribution is 0.484. The van der Waals surface area contributed by atoms with Crippen molar-refractivity contribution in [3.63, 3.8) is 0 Å². The Labute approximate surface area is 179 Å². The van der Waals surface area contributed by atoms with Gasteiger partial charge in [-0.25, -0.2) is 23.5 Å². The van der Waals surface area contributed by atoms with E-state index < -0.39 is 10.0 Å². The molecule has 0 amide bonds. The fourth-order valence-corrected chi connectivity index (χ4v) is 3.59. The van der Waals surface area contributed by atoms with Crippen LogP contribution >= 0.6 is 0 Å². The van der Waals surface area contributed by atoms with Gasteiger partial charge in [-0.3, -0.25) is 0 Å². The van der Waals surface area contributed by atoms with E-state index >= 15 is 0 Å². The molecule has 3 N–H and O–H groups in total. The quantitative estimate of drug-likeness (QED) is 0.454. The molecule has 156 valence electrons. The summed E-state index contributed by atoms with van der Waals surface area (Å²) in [7, 11) is -3.62. The van der Waals surface area contributed by atoms with Gasteiger partial charge in [0.15, 0.2) is 5.82 Å². The summed E-state index contributed by atoms with van der Waals surface area (Å²) < 4.78 is 28.7. The van der Waals surface area contributed by atoms with Crippen LogP contribution in [-0.2, 0) is 15.8 Å². The molecule has 1 aromatic heterocycles. The molecule has 4 aromatic rings. The average Bonchev–Trinajstić information content (AvgIpc) is 2.74. The lowest BCUT2D eigenvalue weighted by Crippen LogP contribution is -2.14. The van der Waals surface area contributed by atoms with Gasteiger partial charge >= 0.3 is 0 Å². The van der Waals surface area contributed by atoms with Gasteiger partial charge in [0, 0.05) is 5.69 Å². The Morgan fingerprint density at radius 1 is 0.903 bits per heavy atom. The number of rotatable bonds is 7. The number of primary sulfonamides is 1. The molecule has 9 heteroatoms. The Bertz CT molecular complexity index is 1300. The third-order valence-corrected chi connectivity index (χ3v) is 4.96. The SMILES string of the molecule is NS(=O)(=O)Cc1cccc(Nc2ncnc(-c3ccccc3Oc3ccccc3)n2)c1. The van der Waals surface area contributed by atoms with Gasteiger partial charge in [-0.1, -0.05) is 42.5 Å². The number of benzene rings is 3. The number of nitrogens with two attached hydrogens (primary N) is 1. The molecular formula is C22H19N5O3S. The largest absolute Gasteiger partial charge is 0.457 e. The van der Waals surface area contributed by atoms with E-state index in [1.807, 2.05) is 54.6 Å². The molecule has 4 rings (SSSR count). The number of anilines is 2. The van der Waals surface area contributed by atoms with Gasteiger partial charge in [0.2, 0.25) is 16.0 Å². The molecule has 0 aliphatic carbocycles. The summed E-state index contributed by atoms with van der Waals surface area (Å²) in [5.74, 6) is 1.81. The van der Waals surface area contributed by atoms with Crippen molar-refractivity contribution < 1.29 is 13.2 Å². The summed E-state index contributed by atoms with van der Waals surface area (Å²) in [5.41, 5.74) is 1.90. The number of hydrogen-bond acceptors (Lipinski definition) is 7. The molecular weight excluding hydrogens is 414 g/mol. The highest BCUT2D eigenvalue weighted by Crippen LogP contribution is 2.31. The van der Waals surface area contributed by atoms with Gasteiger partial charge < -0.3 is 10.1 Å². The summed E-state index contributed by atoms with van der Waals surface area (Å²) in [6, 6.07) is 23.8. The van der Waals surface area contributed by atoms with Crippen molar-refractivity contribution in [2.45, 2.75) is 5.75 Å². The molecule has 31 heavy (non-hydrogen) atoms. The van der Waals surface area contributed by atoms with Crippen LogP contribution in [0.25, 0.3) is 11.4 Å². The minimum absolute atomic E-state index is 0.255. The maximum atomic E-state index is 11.3. The number of nitrogens with zero attached hydrogens (tertiary/aromatic N) is 3. The molecule has 3 aromatic carbocycles. The number of nitrogens with one attached hydrogen (secondary N) is 1. The number of sulfonamides is 1. The fraction of sp³-hybridized carbons (Fsp3) is 0.0455. The van der Waals surface area contributed by atoms with Gasteiger partial charge in [-0.15, -0.1) is 0 Å². The van der Waals surface area contributed by atoms with Crippen molar-refractivity contribution in [1.29, 1.82) is 0 Å². The zero-order chi connectivity index (χ0) is 21.7. The van der Waals surface area contributed by atoms with Crippen LogP contribution in [0, 0.1) is 0 Å². The fourth-order valence-electron chi connectivity index (χ4n) is 2.94. The van der Waals surface area contributed by atoms with E-state index in [1.165, 1.54) is 6.33 Å². The van der Waals surface area contributed by atoms with Crippen LogP contribution in [0.5, 0.6) is 11.5 Å². The Hall–Kier alpha value is -3.82. The predicted octanol–water partition coefficient (Wildman–Crippen LogP) is 3.86. The molecule has 0 radical (unpaired) electrons. The third kappa shape index (κ3) is 5.62. The molecule has 0 aliphatic rings. The lowest BCUT2D eigenvalue weighted by atomic mass is 10.2. The molecule has 0 bridgehead atoms. The summed E-state index contributed by atoms with van der Waals surface area (Å²) >= 11 is 0. The van der Waals surface area contributed by atoms with Gasteiger partial charge in [0.1, 0.15) is 17.8 Å². The van der Waals surface area contributed by atoms with E-state index in [0.29, 0.717) is 40.1 Å². The zero-order valence-corrected chi connectivity index (χ0v) is 17.2. The number of aromatic nitrogens is 3. The highest BCUT2D eigenvalue weighted by molar-refractivity contribution is 7.88. The van der Waals surface area contributed by atoms with Crippen LogP contribution in [0.15, 0.2) is 85.2 Å².